The Hall–Kier alpha value is -0.690. The second-order valence-corrected chi connectivity index (χ2v) is 2.94. The highest BCUT2D eigenvalue weighted by molar-refractivity contribution is 8.02. The Morgan fingerprint density at radius 3 is 3.10 bits per heavy atom. The Morgan fingerprint density at radius 2 is 2.20 bits per heavy atom. The van der Waals surface area contributed by atoms with E-state index in [2.05, 4.69) is 18.1 Å². The van der Waals surface area contributed by atoms with Crippen LogP contribution in [-0.4, -0.2) is 5.75 Å². The molecule has 1 heteroatoms. The van der Waals surface area contributed by atoms with Gasteiger partial charge in [-0.15, -0.1) is 11.8 Å². The molecule has 0 N–H and O–H groups in total. The average molecular weight is 150 g/mol. The maximum atomic E-state index is 3.84. The van der Waals surface area contributed by atoms with E-state index < -0.39 is 0 Å². The highest BCUT2D eigenvalue weighted by Gasteiger charge is 1.82. The molecule has 0 unspecified atom stereocenters. The molecule has 1 aliphatic heterocycles. The van der Waals surface area contributed by atoms with E-state index >= 15 is 0 Å². The Bertz CT molecular complexity index is 197. The summed E-state index contributed by atoms with van der Waals surface area (Å²) in [6.07, 6.45) is 10.2. The van der Waals surface area contributed by atoms with Gasteiger partial charge in [0.1, 0.15) is 0 Å². The summed E-state index contributed by atoms with van der Waals surface area (Å²) in [5, 5.41) is 2.07. The first-order chi connectivity index (χ1) is 4.89. The van der Waals surface area contributed by atoms with Crippen molar-refractivity contribution in [3.63, 3.8) is 0 Å². The second-order valence-electron chi connectivity index (χ2n) is 2.00. The molecular formula is C9H10S. The van der Waals surface area contributed by atoms with Crippen LogP contribution in [0.5, 0.6) is 0 Å². The fourth-order valence-electron chi connectivity index (χ4n) is 0.615. The van der Waals surface area contributed by atoms with Crippen LogP contribution in [0.25, 0.3) is 0 Å². The number of allylic oxidation sites excluding steroid dienone is 5. The van der Waals surface area contributed by atoms with Gasteiger partial charge in [-0.05, 0) is 17.1 Å². The average Bonchev–Trinajstić information content (AvgIpc) is 2.02. The van der Waals surface area contributed by atoms with Gasteiger partial charge >= 0.3 is 0 Å². The minimum Gasteiger partial charge on any atom is -0.130 e. The van der Waals surface area contributed by atoms with Crippen molar-refractivity contribution in [3.8, 4) is 0 Å². The van der Waals surface area contributed by atoms with E-state index in [4.69, 9.17) is 0 Å². The van der Waals surface area contributed by atoms with Crippen LogP contribution in [0.1, 0.15) is 0 Å². The highest BCUT2D eigenvalue weighted by Crippen LogP contribution is 2.07. The maximum Gasteiger partial charge on any atom is 0.0157 e. The van der Waals surface area contributed by atoms with E-state index in [1.807, 2.05) is 24.3 Å². The molecule has 0 bridgehead atoms. The lowest BCUT2D eigenvalue weighted by Crippen LogP contribution is -1.62. The quantitative estimate of drug-likeness (QED) is 0.511. The number of hydrogen-bond donors (Lipinski definition) is 0. The summed E-state index contributed by atoms with van der Waals surface area (Å²) in [6, 6.07) is 0. The summed E-state index contributed by atoms with van der Waals surface area (Å²) in [6.45, 7) is 3.84. The molecule has 0 spiro atoms. The number of thioether (sulfide) groups is 1. The molecule has 0 aliphatic carbocycles. The third kappa shape index (κ3) is 2.74. The predicted molar refractivity (Wildman–Crippen MR) is 49.0 cm³/mol. The summed E-state index contributed by atoms with van der Waals surface area (Å²) in [7, 11) is 0. The van der Waals surface area contributed by atoms with Crippen LogP contribution in [-0.2, 0) is 0 Å². The molecule has 0 saturated heterocycles. The van der Waals surface area contributed by atoms with Gasteiger partial charge in [-0.3, -0.25) is 0 Å². The van der Waals surface area contributed by atoms with Crippen molar-refractivity contribution in [1.29, 1.82) is 0 Å². The number of hydrogen-bond acceptors (Lipinski definition) is 1. The summed E-state index contributed by atoms with van der Waals surface area (Å²) in [5.41, 5.74) is 1.05. The minimum atomic E-state index is 1.05. The first-order valence-corrected chi connectivity index (χ1v) is 4.25. The molecule has 0 aromatic carbocycles. The van der Waals surface area contributed by atoms with E-state index in [-0.39, 0.29) is 0 Å². The lowest BCUT2D eigenvalue weighted by molar-refractivity contribution is 1.73. The molecule has 1 rings (SSSR count). The molecule has 0 aromatic rings. The fourth-order valence-corrected chi connectivity index (χ4v) is 1.22. The van der Waals surface area contributed by atoms with E-state index in [0.717, 1.165) is 11.3 Å². The molecule has 0 aromatic heterocycles. The summed E-state index contributed by atoms with van der Waals surface area (Å²) < 4.78 is 0. The standard InChI is InChI=1S/C9H10S/c1-9-5-3-2-4-7-10-8-6-9/h2-6,8H,1,7H2/b4-2-,5-3-,8-6?. The monoisotopic (exact) mass is 150 g/mol. The Labute approximate surface area is 66.0 Å². The molecule has 0 nitrogen and oxygen atoms in total. The maximum absolute atomic E-state index is 3.84. The van der Waals surface area contributed by atoms with Gasteiger partial charge < -0.3 is 0 Å². The second kappa shape index (κ2) is 4.18. The lowest BCUT2D eigenvalue weighted by Gasteiger charge is -1.85. The smallest absolute Gasteiger partial charge is 0.0157 e. The molecule has 1 aliphatic rings. The first kappa shape index (κ1) is 7.42. The van der Waals surface area contributed by atoms with Crippen LogP contribution in [0.4, 0.5) is 0 Å². The van der Waals surface area contributed by atoms with E-state index in [9.17, 15) is 0 Å². The van der Waals surface area contributed by atoms with Crippen LogP contribution in [0.2, 0.25) is 0 Å². The van der Waals surface area contributed by atoms with Crippen molar-refractivity contribution >= 4 is 11.8 Å². The molecule has 1 heterocycles. The SMILES string of the molecule is C=C1C=CSC/C=C\C=C/1. The minimum absolute atomic E-state index is 1.05. The van der Waals surface area contributed by atoms with Crippen molar-refractivity contribution < 1.29 is 0 Å². The van der Waals surface area contributed by atoms with Crippen LogP contribution in [0, 0.1) is 0 Å². The lowest BCUT2D eigenvalue weighted by atomic mass is 10.3. The molecule has 10 heavy (non-hydrogen) atoms. The Balaban J connectivity index is 2.64. The normalized spacial score (nSPS) is 24.6. The third-order valence-corrected chi connectivity index (χ3v) is 1.84. The van der Waals surface area contributed by atoms with Crippen molar-refractivity contribution in [3.05, 3.63) is 47.9 Å². The summed E-state index contributed by atoms with van der Waals surface area (Å²) in [4.78, 5) is 0. The van der Waals surface area contributed by atoms with Crippen molar-refractivity contribution in [2.24, 2.45) is 0 Å². The molecule has 52 valence electrons. The first-order valence-electron chi connectivity index (χ1n) is 3.20. The largest absolute Gasteiger partial charge is 0.130 e. The predicted octanol–water partition coefficient (Wildman–Crippen LogP) is 2.92. The molecule has 0 atom stereocenters. The van der Waals surface area contributed by atoms with Crippen LogP contribution < -0.4 is 0 Å². The zero-order chi connectivity index (χ0) is 7.23. The molecule has 0 radical (unpaired) electrons. The van der Waals surface area contributed by atoms with Gasteiger partial charge in [0.25, 0.3) is 0 Å². The van der Waals surface area contributed by atoms with E-state index in [0.29, 0.717) is 0 Å². The highest BCUT2D eigenvalue weighted by atomic mass is 32.2. The van der Waals surface area contributed by atoms with Crippen LogP contribution in [0.15, 0.2) is 47.9 Å². The van der Waals surface area contributed by atoms with Gasteiger partial charge in [0.2, 0.25) is 0 Å². The van der Waals surface area contributed by atoms with Crippen molar-refractivity contribution in [2.75, 3.05) is 5.75 Å². The topological polar surface area (TPSA) is 0 Å². The molecular weight excluding hydrogens is 140 g/mol. The number of rotatable bonds is 0. The Kier molecular flexibility index (Phi) is 3.10. The summed E-state index contributed by atoms with van der Waals surface area (Å²) >= 11 is 1.78. The van der Waals surface area contributed by atoms with E-state index in [1.165, 1.54) is 0 Å². The third-order valence-electron chi connectivity index (χ3n) is 1.13. The van der Waals surface area contributed by atoms with Crippen molar-refractivity contribution in [2.45, 2.75) is 0 Å². The Morgan fingerprint density at radius 1 is 1.30 bits per heavy atom. The van der Waals surface area contributed by atoms with Gasteiger partial charge in [-0.25, -0.2) is 0 Å². The zero-order valence-electron chi connectivity index (χ0n) is 5.79. The van der Waals surface area contributed by atoms with Gasteiger partial charge in [0, 0.05) is 5.75 Å². The van der Waals surface area contributed by atoms with E-state index in [1.54, 1.807) is 11.8 Å². The zero-order valence-corrected chi connectivity index (χ0v) is 6.60. The summed E-state index contributed by atoms with van der Waals surface area (Å²) in [5.74, 6) is 1.05. The van der Waals surface area contributed by atoms with Crippen LogP contribution >= 0.6 is 11.8 Å². The van der Waals surface area contributed by atoms with Gasteiger partial charge in [-0.2, -0.15) is 0 Å². The fraction of sp³-hybridized carbons (Fsp3) is 0.111. The van der Waals surface area contributed by atoms with Gasteiger partial charge in [0.15, 0.2) is 0 Å². The molecule has 0 saturated carbocycles. The molecule has 0 amide bonds. The van der Waals surface area contributed by atoms with Gasteiger partial charge in [-0.1, -0.05) is 30.9 Å². The van der Waals surface area contributed by atoms with Crippen LogP contribution in [0.3, 0.4) is 0 Å². The van der Waals surface area contributed by atoms with Crippen molar-refractivity contribution in [1.82, 2.24) is 0 Å². The molecule has 0 fully saturated rings. The van der Waals surface area contributed by atoms with Gasteiger partial charge in [0.05, 0.1) is 0 Å².